The van der Waals surface area contributed by atoms with E-state index in [0.29, 0.717) is 6.04 Å². The van der Waals surface area contributed by atoms with Crippen LogP contribution < -0.4 is 5.32 Å². The summed E-state index contributed by atoms with van der Waals surface area (Å²) in [5.41, 5.74) is 2.15. The highest BCUT2D eigenvalue weighted by atomic mass is 35.5. The number of hydrogen-bond donors (Lipinski definition) is 1. The van der Waals surface area contributed by atoms with Crippen molar-refractivity contribution in [3.8, 4) is 0 Å². The van der Waals surface area contributed by atoms with Crippen LogP contribution in [0.1, 0.15) is 24.6 Å². The van der Waals surface area contributed by atoms with E-state index in [4.69, 9.17) is 11.6 Å². The fraction of sp³-hybridized carbons (Fsp3) is 0.583. The van der Waals surface area contributed by atoms with E-state index in [-0.39, 0.29) is 0 Å². The van der Waals surface area contributed by atoms with Gasteiger partial charge >= 0.3 is 0 Å². The Bertz CT molecular complexity index is 357. The number of likely N-dealkylation sites (N-methyl/N-ethyl adjacent to an activating group) is 1. The van der Waals surface area contributed by atoms with E-state index in [1.807, 2.05) is 20.0 Å². The monoisotopic (exact) mass is 241 g/mol. The Morgan fingerprint density at radius 2 is 2.31 bits per heavy atom. The van der Waals surface area contributed by atoms with Crippen LogP contribution >= 0.6 is 11.6 Å². The van der Waals surface area contributed by atoms with Crippen LogP contribution in [0, 0.1) is 6.92 Å². The van der Waals surface area contributed by atoms with Gasteiger partial charge in [-0.2, -0.15) is 5.10 Å². The van der Waals surface area contributed by atoms with E-state index in [9.17, 15) is 0 Å². The summed E-state index contributed by atoms with van der Waals surface area (Å²) in [6.45, 7) is 8.84. The van der Waals surface area contributed by atoms with Gasteiger partial charge in [0.15, 0.2) is 0 Å². The van der Waals surface area contributed by atoms with Crippen LogP contribution in [0.25, 0.3) is 0 Å². The smallest absolute Gasteiger partial charge is 0.130 e. The third-order valence-electron chi connectivity index (χ3n) is 2.66. The van der Waals surface area contributed by atoms with Crippen LogP contribution in [0.2, 0.25) is 5.15 Å². The molecule has 16 heavy (non-hydrogen) atoms. The average Bonchev–Trinajstić information content (AvgIpc) is 2.46. The van der Waals surface area contributed by atoms with Gasteiger partial charge in [-0.25, -0.2) is 0 Å². The maximum absolute atomic E-state index is 6.21. The summed E-state index contributed by atoms with van der Waals surface area (Å²) < 4.78 is 1.73. The minimum absolute atomic E-state index is 0.392. The molecule has 0 bridgehead atoms. The molecule has 1 atom stereocenters. The molecule has 0 aromatic carbocycles. The van der Waals surface area contributed by atoms with Crippen molar-refractivity contribution < 1.29 is 0 Å². The molecule has 0 amide bonds. The zero-order valence-corrected chi connectivity index (χ0v) is 11.0. The Balaban J connectivity index is 2.79. The van der Waals surface area contributed by atoms with Crippen LogP contribution in [0.3, 0.4) is 0 Å². The summed E-state index contributed by atoms with van der Waals surface area (Å²) in [4.78, 5) is 0. The number of halogens is 1. The molecule has 1 unspecified atom stereocenters. The molecule has 0 aliphatic heterocycles. The minimum Gasteiger partial charge on any atom is -0.314 e. The molecule has 0 aliphatic carbocycles. The Morgan fingerprint density at radius 3 is 2.75 bits per heavy atom. The van der Waals surface area contributed by atoms with Gasteiger partial charge in [0.2, 0.25) is 0 Å². The molecular formula is C12H20ClN3. The minimum atomic E-state index is 0.392. The predicted octanol–water partition coefficient (Wildman–Crippen LogP) is 2.48. The fourth-order valence-corrected chi connectivity index (χ4v) is 2.13. The molecule has 0 radical (unpaired) electrons. The standard InChI is InChI=1S/C12H20ClN3/c1-5-7-10(14-6-2)8-11-9(3)15-16(4)12(11)13/h5,10,14H,1,6-8H2,2-4H3. The van der Waals surface area contributed by atoms with Crippen molar-refractivity contribution in [3.63, 3.8) is 0 Å². The number of nitrogens with zero attached hydrogens (tertiary/aromatic N) is 2. The average molecular weight is 242 g/mol. The van der Waals surface area contributed by atoms with E-state index >= 15 is 0 Å². The molecule has 0 saturated heterocycles. The van der Waals surface area contributed by atoms with Crippen molar-refractivity contribution in [1.82, 2.24) is 15.1 Å². The summed E-state index contributed by atoms with van der Waals surface area (Å²) >= 11 is 6.21. The molecule has 1 aromatic rings. The van der Waals surface area contributed by atoms with Crippen LogP contribution in [0.15, 0.2) is 12.7 Å². The third-order valence-corrected chi connectivity index (χ3v) is 3.14. The molecule has 1 rings (SSSR count). The van der Waals surface area contributed by atoms with Gasteiger partial charge < -0.3 is 5.32 Å². The Kier molecular flexibility index (Phi) is 5.03. The first-order chi connectivity index (χ1) is 7.60. The Hall–Kier alpha value is -0.800. The predicted molar refractivity (Wildman–Crippen MR) is 68.9 cm³/mol. The molecule has 1 aromatic heterocycles. The second-order valence-corrected chi connectivity index (χ2v) is 4.32. The lowest BCUT2D eigenvalue weighted by Gasteiger charge is -2.15. The summed E-state index contributed by atoms with van der Waals surface area (Å²) in [6, 6.07) is 0.392. The quantitative estimate of drug-likeness (QED) is 0.776. The summed E-state index contributed by atoms with van der Waals surface area (Å²) in [7, 11) is 1.87. The second kappa shape index (κ2) is 6.06. The Morgan fingerprint density at radius 1 is 1.62 bits per heavy atom. The molecule has 1 N–H and O–H groups in total. The highest BCUT2D eigenvalue weighted by molar-refractivity contribution is 6.30. The van der Waals surface area contributed by atoms with Crippen molar-refractivity contribution in [2.75, 3.05) is 6.54 Å². The number of rotatable bonds is 6. The first-order valence-electron chi connectivity index (χ1n) is 5.62. The number of hydrogen-bond acceptors (Lipinski definition) is 2. The molecule has 0 spiro atoms. The van der Waals surface area contributed by atoms with Gasteiger partial charge in [-0.05, 0) is 26.3 Å². The van der Waals surface area contributed by atoms with Crippen molar-refractivity contribution in [2.45, 2.75) is 32.7 Å². The molecule has 90 valence electrons. The van der Waals surface area contributed by atoms with Crippen LogP contribution in [-0.2, 0) is 13.5 Å². The van der Waals surface area contributed by atoms with Crippen molar-refractivity contribution in [1.29, 1.82) is 0 Å². The van der Waals surface area contributed by atoms with Gasteiger partial charge in [-0.3, -0.25) is 4.68 Å². The van der Waals surface area contributed by atoms with E-state index in [0.717, 1.165) is 35.8 Å². The summed E-state index contributed by atoms with van der Waals surface area (Å²) in [6.07, 6.45) is 3.78. The first kappa shape index (κ1) is 13.3. The van der Waals surface area contributed by atoms with Gasteiger partial charge in [-0.15, -0.1) is 6.58 Å². The van der Waals surface area contributed by atoms with Crippen LogP contribution in [-0.4, -0.2) is 22.4 Å². The lowest BCUT2D eigenvalue weighted by atomic mass is 10.0. The van der Waals surface area contributed by atoms with Crippen molar-refractivity contribution >= 4 is 11.6 Å². The van der Waals surface area contributed by atoms with Crippen molar-refractivity contribution in [3.05, 3.63) is 29.1 Å². The van der Waals surface area contributed by atoms with Crippen molar-refractivity contribution in [2.24, 2.45) is 7.05 Å². The normalized spacial score (nSPS) is 12.8. The molecule has 0 aliphatic rings. The molecule has 0 fully saturated rings. The van der Waals surface area contributed by atoms with Gasteiger partial charge in [0.25, 0.3) is 0 Å². The number of aryl methyl sites for hydroxylation is 2. The van der Waals surface area contributed by atoms with Crippen LogP contribution in [0.4, 0.5) is 0 Å². The molecule has 3 nitrogen and oxygen atoms in total. The lowest BCUT2D eigenvalue weighted by molar-refractivity contribution is 0.529. The van der Waals surface area contributed by atoms with Gasteiger partial charge in [-0.1, -0.05) is 24.6 Å². The van der Waals surface area contributed by atoms with Gasteiger partial charge in [0, 0.05) is 18.7 Å². The molecule has 1 heterocycles. The van der Waals surface area contributed by atoms with E-state index in [1.54, 1.807) is 4.68 Å². The Labute approximate surface area is 102 Å². The van der Waals surface area contributed by atoms with E-state index < -0.39 is 0 Å². The van der Waals surface area contributed by atoms with Gasteiger partial charge in [0.05, 0.1) is 5.69 Å². The molecule has 0 saturated carbocycles. The maximum atomic E-state index is 6.21. The number of nitrogens with one attached hydrogen (secondary N) is 1. The molecule has 4 heteroatoms. The van der Waals surface area contributed by atoms with E-state index in [1.165, 1.54) is 0 Å². The maximum Gasteiger partial charge on any atom is 0.130 e. The first-order valence-corrected chi connectivity index (χ1v) is 6.00. The zero-order chi connectivity index (χ0) is 12.1. The lowest BCUT2D eigenvalue weighted by Crippen LogP contribution is -2.30. The van der Waals surface area contributed by atoms with Gasteiger partial charge in [0.1, 0.15) is 5.15 Å². The topological polar surface area (TPSA) is 29.9 Å². The van der Waals surface area contributed by atoms with E-state index in [2.05, 4.69) is 23.9 Å². The highest BCUT2D eigenvalue weighted by Crippen LogP contribution is 2.20. The fourth-order valence-electron chi connectivity index (χ4n) is 1.88. The SMILES string of the molecule is C=CCC(Cc1c(C)nn(C)c1Cl)NCC. The number of aromatic nitrogens is 2. The second-order valence-electron chi connectivity index (χ2n) is 3.96. The summed E-state index contributed by atoms with van der Waals surface area (Å²) in [5.74, 6) is 0. The zero-order valence-electron chi connectivity index (χ0n) is 10.3. The third kappa shape index (κ3) is 3.09. The van der Waals surface area contributed by atoms with Crippen LogP contribution in [0.5, 0.6) is 0 Å². The molecular weight excluding hydrogens is 222 g/mol. The highest BCUT2D eigenvalue weighted by Gasteiger charge is 2.15. The largest absolute Gasteiger partial charge is 0.314 e. The summed E-state index contributed by atoms with van der Waals surface area (Å²) in [5, 5.41) is 8.48.